The minimum Gasteiger partial charge on any atom is -0.476 e. The normalized spacial score (nSPS) is 11.8. The van der Waals surface area contributed by atoms with Gasteiger partial charge in [0.05, 0.1) is 11.5 Å². The molecular formula is C25H27N5O4S. The number of ether oxygens (including phenoxy) is 2. The van der Waals surface area contributed by atoms with Crippen molar-refractivity contribution in [2.45, 2.75) is 32.6 Å². The van der Waals surface area contributed by atoms with Gasteiger partial charge in [-0.15, -0.1) is 5.10 Å². The van der Waals surface area contributed by atoms with Crippen molar-refractivity contribution in [3.8, 4) is 23.3 Å². The number of nitrogens with zero attached hydrogens (tertiary/aromatic N) is 4. The highest BCUT2D eigenvalue weighted by molar-refractivity contribution is 7.92. The van der Waals surface area contributed by atoms with Gasteiger partial charge in [0.25, 0.3) is 10.0 Å². The molecule has 2 aromatic heterocycles. The first-order chi connectivity index (χ1) is 16.6. The Morgan fingerprint density at radius 3 is 2.29 bits per heavy atom. The van der Waals surface area contributed by atoms with Crippen LogP contribution in [0.3, 0.4) is 0 Å². The third kappa shape index (κ3) is 6.36. The van der Waals surface area contributed by atoms with Crippen LogP contribution < -0.4 is 14.2 Å². The third-order valence-electron chi connectivity index (χ3n) is 4.66. The van der Waals surface area contributed by atoms with Crippen molar-refractivity contribution in [2.75, 3.05) is 11.3 Å². The smallest absolute Gasteiger partial charge is 0.264 e. The van der Waals surface area contributed by atoms with E-state index in [1.165, 1.54) is 16.8 Å². The van der Waals surface area contributed by atoms with E-state index >= 15 is 0 Å². The number of aryl methyl sites for hydroxylation is 1. The maximum atomic E-state index is 12.9. The van der Waals surface area contributed by atoms with Crippen LogP contribution in [-0.4, -0.2) is 34.8 Å². The summed E-state index contributed by atoms with van der Waals surface area (Å²) in [5, 5.41) is 4.50. The fourth-order valence-electron chi connectivity index (χ4n) is 3.01. The third-order valence-corrected chi connectivity index (χ3v) is 6.01. The first-order valence-electron chi connectivity index (χ1n) is 11.0. The lowest BCUT2D eigenvalue weighted by Gasteiger charge is -2.17. The van der Waals surface area contributed by atoms with Gasteiger partial charge in [-0.25, -0.2) is 17.8 Å². The molecule has 0 saturated heterocycles. The number of nitrogens with one attached hydrogen (secondary N) is 1. The second kappa shape index (κ2) is 9.75. The van der Waals surface area contributed by atoms with Crippen LogP contribution >= 0.6 is 0 Å². The summed E-state index contributed by atoms with van der Waals surface area (Å²) in [7, 11) is -3.91. The molecule has 182 valence electrons. The van der Waals surface area contributed by atoms with Crippen molar-refractivity contribution in [2.24, 2.45) is 5.41 Å². The van der Waals surface area contributed by atoms with Gasteiger partial charge in [-0.1, -0.05) is 57.2 Å². The average molecular weight is 494 g/mol. The molecule has 1 N–H and O–H groups in total. The summed E-state index contributed by atoms with van der Waals surface area (Å²) < 4.78 is 41.5. The molecule has 0 atom stereocenters. The molecule has 0 spiro atoms. The SMILES string of the molecule is Cc1cn(-c2cc(Oc3ccccc3)nc(NS(=O)(=O)c3ccccc3)n2)nc1OCC(C)(C)C. The molecule has 0 saturated carbocycles. The summed E-state index contributed by atoms with van der Waals surface area (Å²) >= 11 is 0. The highest BCUT2D eigenvalue weighted by atomic mass is 32.2. The second-order valence-electron chi connectivity index (χ2n) is 9.13. The molecule has 0 aliphatic carbocycles. The summed E-state index contributed by atoms with van der Waals surface area (Å²) in [5.74, 6) is 1.32. The lowest BCUT2D eigenvalue weighted by Crippen LogP contribution is -2.17. The Morgan fingerprint density at radius 1 is 0.971 bits per heavy atom. The largest absolute Gasteiger partial charge is 0.476 e. The monoisotopic (exact) mass is 493 g/mol. The summed E-state index contributed by atoms with van der Waals surface area (Å²) in [4.78, 5) is 8.74. The zero-order valence-corrected chi connectivity index (χ0v) is 20.8. The quantitative estimate of drug-likeness (QED) is 0.368. The van der Waals surface area contributed by atoms with Crippen molar-refractivity contribution in [3.63, 3.8) is 0 Å². The minimum atomic E-state index is -3.91. The minimum absolute atomic E-state index is 0.0370. The number of aromatic nitrogens is 4. The van der Waals surface area contributed by atoms with Crippen LogP contribution in [0.2, 0.25) is 0 Å². The van der Waals surface area contributed by atoms with E-state index in [1.807, 2.05) is 25.1 Å². The number of sulfonamides is 1. The predicted molar refractivity (Wildman–Crippen MR) is 133 cm³/mol. The van der Waals surface area contributed by atoms with Gasteiger partial charge < -0.3 is 9.47 Å². The van der Waals surface area contributed by atoms with E-state index in [0.717, 1.165) is 5.56 Å². The van der Waals surface area contributed by atoms with Crippen LogP contribution in [0.15, 0.2) is 77.8 Å². The molecule has 0 aliphatic rings. The molecule has 0 radical (unpaired) electrons. The molecule has 9 nitrogen and oxygen atoms in total. The molecule has 2 aromatic carbocycles. The van der Waals surface area contributed by atoms with Gasteiger partial charge >= 0.3 is 0 Å². The summed E-state index contributed by atoms with van der Waals surface area (Å²) in [5.41, 5.74) is 0.773. The summed E-state index contributed by atoms with van der Waals surface area (Å²) in [6.07, 6.45) is 1.75. The van der Waals surface area contributed by atoms with E-state index in [0.29, 0.717) is 24.1 Å². The fourth-order valence-corrected chi connectivity index (χ4v) is 3.97. The average Bonchev–Trinajstić information content (AvgIpc) is 3.19. The molecule has 0 bridgehead atoms. The van der Waals surface area contributed by atoms with Crippen molar-refractivity contribution >= 4 is 16.0 Å². The van der Waals surface area contributed by atoms with Gasteiger partial charge in [0.1, 0.15) is 5.75 Å². The van der Waals surface area contributed by atoms with Crippen LogP contribution in [-0.2, 0) is 10.0 Å². The van der Waals surface area contributed by atoms with Gasteiger partial charge in [0.2, 0.25) is 17.7 Å². The predicted octanol–water partition coefficient (Wildman–Crippen LogP) is 4.99. The fraction of sp³-hybridized carbons (Fsp3) is 0.240. The second-order valence-corrected chi connectivity index (χ2v) is 10.8. The standard InChI is InChI=1S/C25H27N5O4S/c1-18-16-30(28-23(18)33-17-25(2,3)4)21-15-22(34-19-11-7-5-8-12-19)27-24(26-21)29-35(31,32)20-13-9-6-10-14-20/h5-16H,17H2,1-4H3,(H,26,27,29). The maximum Gasteiger partial charge on any atom is 0.264 e. The molecule has 10 heteroatoms. The maximum absolute atomic E-state index is 12.9. The Bertz CT molecular complexity index is 1400. The van der Waals surface area contributed by atoms with Gasteiger partial charge in [0, 0.05) is 17.8 Å². The van der Waals surface area contributed by atoms with Gasteiger partial charge in [0.15, 0.2) is 5.82 Å². The molecule has 4 aromatic rings. The Hall–Kier alpha value is -3.92. The van der Waals surface area contributed by atoms with Gasteiger partial charge in [-0.2, -0.15) is 9.97 Å². The van der Waals surface area contributed by atoms with E-state index in [1.54, 1.807) is 42.6 Å². The summed E-state index contributed by atoms with van der Waals surface area (Å²) in [6.45, 7) is 8.58. The van der Waals surface area contributed by atoms with Crippen molar-refractivity contribution in [3.05, 3.63) is 78.5 Å². The number of benzene rings is 2. The van der Waals surface area contributed by atoms with E-state index in [2.05, 4.69) is 40.6 Å². The number of hydrogen-bond acceptors (Lipinski definition) is 7. The van der Waals surface area contributed by atoms with Crippen LogP contribution in [0.5, 0.6) is 17.5 Å². The van der Waals surface area contributed by atoms with Crippen LogP contribution in [0.25, 0.3) is 5.82 Å². The molecule has 4 rings (SSSR count). The highest BCUT2D eigenvalue weighted by Crippen LogP contribution is 2.26. The molecule has 2 heterocycles. The first-order valence-corrected chi connectivity index (χ1v) is 12.5. The Kier molecular flexibility index (Phi) is 6.74. The Morgan fingerprint density at radius 2 is 1.63 bits per heavy atom. The number of anilines is 1. The zero-order chi connectivity index (χ0) is 25.1. The lowest BCUT2D eigenvalue weighted by molar-refractivity contribution is 0.189. The van der Waals surface area contributed by atoms with E-state index in [4.69, 9.17) is 9.47 Å². The van der Waals surface area contributed by atoms with Gasteiger partial charge in [-0.05, 0) is 36.6 Å². The number of rotatable bonds is 8. The van der Waals surface area contributed by atoms with Crippen molar-refractivity contribution in [1.29, 1.82) is 0 Å². The Balaban J connectivity index is 1.71. The number of hydrogen-bond donors (Lipinski definition) is 1. The molecular weight excluding hydrogens is 466 g/mol. The van der Waals surface area contributed by atoms with E-state index in [9.17, 15) is 8.42 Å². The molecule has 0 aliphatic heterocycles. The van der Waals surface area contributed by atoms with Crippen molar-refractivity contribution in [1.82, 2.24) is 19.7 Å². The van der Waals surface area contributed by atoms with Crippen LogP contribution in [0.4, 0.5) is 5.95 Å². The van der Waals surface area contributed by atoms with Crippen LogP contribution in [0.1, 0.15) is 26.3 Å². The molecule has 35 heavy (non-hydrogen) atoms. The molecule has 0 fully saturated rings. The van der Waals surface area contributed by atoms with E-state index in [-0.39, 0.29) is 22.1 Å². The molecule has 0 unspecified atom stereocenters. The van der Waals surface area contributed by atoms with Crippen LogP contribution in [0, 0.1) is 12.3 Å². The Labute approximate surface area is 204 Å². The summed E-state index contributed by atoms with van der Waals surface area (Å²) in [6, 6.07) is 18.6. The highest BCUT2D eigenvalue weighted by Gasteiger charge is 2.19. The first kappa shape index (κ1) is 24.2. The topological polar surface area (TPSA) is 108 Å². The zero-order valence-electron chi connectivity index (χ0n) is 20.0. The van der Waals surface area contributed by atoms with E-state index < -0.39 is 10.0 Å². The molecule has 0 amide bonds. The number of para-hydroxylation sites is 1. The van der Waals surface area contributed by atoms with Gasteiger partial charge in [-0.3, -0.25) is 0 Å². The lowest BCUT2D eigenvalue weighted by atomic mass is 9.99. The van der Waals surface area contributed by atoms with Crippen molar-refractivity contribution < 1.29 is 17.9 Å².